The van der Waals surface area contributed by atoms with Crippen LogP contribution in [0.1, 0.15) is 0 Å². The van der Waals surface area contributed by atoms with Gasteiger partial charge in [-0.2, -0.15) is 0 Å². The van der Waals surface area contributed by atoms with Gasteiger partial charge < -0.3 is 9.80 Å². The first-order valence-electron chi connectivity index (χ1n) is 3.20. The molecule has 0 aliphatic rings. The summed E-state index contributed by atoms with van der Waals surface area (Å²) in [5.74, 6) is 0. The molecule has 0 aromatic rings. The minimum Gasteiger partial charge on any atom is -0.308 e. The third-order valence-electron chi connectivity index (χ3n) is 1.24. The van der Waals surface area contributed by atoms with Gasteiger partial charge in [-0.3, -0.25) is 0 Å². The van der Waals surface area contributed by atoms with E-state index in [-0.39, 0.29) is 0 Å². The maximum Gasteiger partial charge on any atom is 0.0106 e. The summed E-state index contributed by atoms with van der Waals surface area (Å²) in [6.45, 7) is 8.13. The zero-order valence-corrected chi connectivity index (χ0v) is 6.59. The number of likely N-dealkylation sites (N-methyl/N-ethyl adjacent to an activating group) is 2. The van der Waals surface area contributed by atoms with Gasteiger partial charge in [0.25, 0.3) is 0 Å². The minimum atomic E-state index is 0.647. The zero-order chi connectivity index (χ0) is 7.28. The van der Waals surface area contributed by atoms with Crippen LogP contribution in [-0.4, -0.2) is 50.6 Å². The van der Waals surface area contributed by atoms with E-state index < -0.39 is 0 Å². The van der Waals surface area contributed by atoms with Crippen molar-refractivity contribution in [3.63, 3.8) is 0 Å². The maximum absolute atomic E-state index is 5.37. The lowest BCUT2D eigenvalue weighted by Crippen LogP contribution is -2.28. The van der Waals surface area contributed by atoms with Gasteiger partial charge in [0.1, 0.15) is 0 Å². The summed E-state index contributed by atoms with van der Waals surface area (Å²) in [7, 11) is 6.14. The fourth-order valence-corrected chi connectivity index (χ4v) is 0.462. The zero-order valence-electron chi connectivity index (χ0n) is 6.59. The lowest BCUT2D eigenvalue weighted by Gasteiger charge is -2.16. The Morgan fingerprint density at radius 2 is 1.67 bits per heavy atom. The molecule has 0 saturated heterocycles. The van der Waals surface area contributed by atoms with Crippen LogP contribution in [0.15, 0.2) is 0 Å². The van der Waals surface area contributed by atoms with Crippen molar-refractivity contribution in [2.24, 2.45) is 0 Å². The second kappa shape index (κ2) is 4.77. The van der Waals surface area contributed by atoms with Crippen molar-refractivity contribution < 1.29 is 0 Å². The Hall–Kier alpha value is -0.0800. The molecular formula is C7H16N2. The molecule has 0 spiro atoms. The van der Waals surface area contributed by atoms with Gasteiger partial charge in [0, 0.05) is 19.6 Å². The molecule has 2 radical (unpaired) electrons. The third kappa shape index (κ3) is 5.80. The minimum absolute atomic E-state index is 0.647. The highest BCUT2D eigenvalue weighted by Gasteiger charge is 1.93. The molecule has 0 rings (SSSR count). The van der Waals surface area contributed by atoms with Crippen molar-refractivity contribution >= 4 is 0 Å². The Bertz CT molecular complexity index is 61.9. The standard InChI is InChI=1S/C7H16N2/c1-5-9(4)7-6-8(2)3/h1H,5-7H2,2-4H3. The monoisotopic (exact) mass is 128 g/mol. The molecular weight excluding hydrogens is 112 g/mol. The van der Waals surface area contributed by atoms with Crippen LogP contribution in [0, 0.1) is 6.92 Å². The van der Waals surface area contributed by atoms with E-state index >= 15 is 0 Å². The fourth-order valence-electron chi connectivity index (χ4n) is 0.462. The number of hydrogen-bond donors (Lipinski definition) is 0. The molecule has 0 fully saturated rings. The van der Waals surface area contributed by atoms with Gasteiger partial charge in [-0.15, -0.1) is 0 Å². The molecule has 9 heavy (non-hydrogen) atoms. The van der Waals surface area contributed by atoms with Crippen LogP contribution in [0.3, 0.4) is 0 Å². The highest BCUT2D eigenvalue weighted by molar-refractivity contribution is 4.53. The van der Waals surface area contributed by atoms with Crippen LogP contribution in [0.4, 0.5) is 0 Å². The van der Waals surface area contributed by atoms with Crippen molar-refractivity contribution in [3.8, 4) is 0 Å². The molecule has 0 aliphatic carbocycles. The maximum atomic E-state index is 5.37. The van der Waals surface area contributed by atoms with Gasteiger partial charge in [-0.05, 0) is 28.1 Å². The molecule has 0 saturated carbocycles. The van der Waals surface area contributed by atoms with Crippen molar-refractivity contribution in [2.45, 2.75) is 0 Å². The Kier molecular flexibility index (Phi) is 4.72. The second-order valence-electron chi connectivity index (χ2n) is 2.57. The van der Waals surface area contributed by atoms with Gasteiger partial charge in [0.15, 0.2) is 0 Å². The quantitative estimate of drug-likeness (QED) is 0.533. The predicted octanol–water partition coefficient (Wildman–Crippen LogP) is 0.191. The van der Waals surface area contributed by atoms with Gasteiger partial charge in [-0.1, -0.05) is 0 Å². The molecule has 0 heterocycles. The fraction of sp³-hybridized carbons (Fsp3) is 0.857. The SMILES string of the molecule is [CH]CN(C)CCN(C)C. The average molecular weight is 128 g/mol. The molecule has 0 aromatic carbocycles. The highest BCUT2D eigenvalue weighted by Crippen LogP contribution is 1.80. The van der Waals surface area contributed by atoms with Crippen molar-refractivity contribution in [1.29, 1.82) is 0 Å². The summed E-state index contributed by atoms with van der Waals surface area (Å²) in [5, 5.41) is 0. The second-order valence-corrected chi connectivity index (χ2v) is 2.57. The summed E-state index contributed by atoms with van der Waals surface area (Å²) < 4.78 is 0. The van der Waals surface area contributed by atoms with Crippen molar-refractivity contribution in [1.82, 2.24) is 9.80 Å². The summed E-state index contributed by atoms with van der Waals surface area (Å²) in [4.78, 5) is 4.23. The van der Waals surface area contributed by atoms with E-state index in [4.69, 9.17) is 6.92 Å². The predicted molar refractivity (Wildman–Crippen MR) is 40.4 cm³/mol. The molecule has 0 aromatic heterocycles. The van der Waals surface area contributed by atoms with Crippen LogP contribution in [-0.2, 0) is 0 Å². The average Bonchev–Trinajstić information content (AvgIpc) is 1.83. The molecule has 0 unspecified atom stereocenters. The van der Waals surface area contributed by atoms with Crippen LogP contribution in [0.2, 0.25) is 0 Å². The van der Waals surface area contributed by atoms with Gasteiger partial charge in [0.2, 0.25) is 0 Å². The summed E-state index contributed by atoms with van der Waals surface area (Å²) >= 11 is 0. The van der Waals surface area contributed by atoms with Crippen LogP contribution in [0.25, 0.3) is 0 Å². The number of nitrogens with zero attached hydrogens (tertiary/aromatic N) is 2. The third-order valence-corrected chi connectivity index (χ3v) is 1.24. The molecule has 0 amide bonds. The van der Waals surface area contributed by atoms with Crippen LogP contribution >= 0.6 is 0 Å². The molecule has 0 atom stereocenters. The summed E-state index contributed by atoms with van der Waals surface area (Å²) in [5.41, 5.74) is 0. The number of rotatable bonds is 4. The van der Waals surface area contributed by atoms with Crippen molar-refractivity contribution in [3.05, 3.63) is 6.92 Å². The van der Waals surface area contributed by atoms with Gasteiger partial charge in [0.05, 0.1) is 0 Å². The topological polar surface area (TPSA) is 6.48 Å². The Morgan fingerprint density at radius 1 is 1.11 bits per heavy atom. The number of hydrogen-bond acceptors (Lipinski definition) is 2. The highest BCUT2D eigenvalue weighted by atomic mass is 15.1. The summed E-state index contributed by atoms with van der Waals surface area (Å²) in [6, 6.07) is 0. The largest absolute Gasteiger partial charge is 0.308 e. The Labute approximate surface area is 58.4 Å². The smallest absolute Gasteiger partial charge is 0.0106 e. The lowest BCUT2D eigenvalue weighted by molar-refractivity contribution is 0.301. The summed E-state index contributed by atoms with van der Waals surface area (Å²) in [6.07, 6.45) is 0. The molecule has 2 nitrogen and oxygen atoms in total. The van der Waals surface area contributed by atoms with E-state index in [9.17, 15) is 0 Å². The molecule has 0 N–H and O–H groups in total. The first-order chi connectivity index (χ1) is 4.16. The van der Waals surface area contributed by atoms with Crippen LogP contribution in [0.5, 0.6) is 0 Å². The van der Waals surface area contributed by atoms with Crippen molar-refractivity contribution in [2.75, 3.05) is 40.8 Å². The van der Waals surface area contributed by atoms with E-state index in [2.05, 4.69) is 23.9 Å². The Balaban J connectivity index is 3.06. The first-order valence-corrected chi connectivity index (χ1v) is 3.20. The van der Waals surface area contributed by atoms with E-state index in [0.717, 1.165) is 13.1 Å². The lowest BCUT2D eigenvalue weighted by atomic mass is 10.5. The van der Waals surface area contributed by atoms with Crippen LogP contribution < -0.4 is 0 Å². The molecule has 54 valence electrons. The normalized spacial score (nSPS) is 11.3. The van der Waals surface area contributed by atoms with E-state index in [1.165, 1.54) is 0 Å². The van der Waals surface area contributed by atoms with E-state index in [1.807, 2.05) is 7.05 Å². The molecule has 0 bridgehead atoms. The Morgan fingerprint density at radius 3 is 2.00 bits per heavy atom. The molecule has 2 heteroatoms. The van der Waals surface area contributed by atoms with Gasteiger partial charge in [-0.25, -0.2) is 0 Å². The molecule has 0 aliphatic heterocycles. The van der Waals surface area contributed by atoms with E-state index in [0.29, 0.717) is 6.54 Å². The first kappa shape index (κ1) is 8.92. The van der Waals surface area contributed by atoms with Gasteiger partial charge >= 0.3 is 0 Å². The van der Waals surface area contributed by atoms with E-state index in [1.54, 1.807) is 0 Å².